The lowest BCUT2D eigenvalue weighted by atomic mass is 10.0. The monoisotopic (exact) mass is 363 g/mol. The van der Waals surface area contributed by atoms with E-state index in [1.807, 2.05) is 44.2 Å². The Morgan fingerprint density at radius 1 is 1.22 bits per heavy atom. The molecular formula is C19H21N7O. The van der Waals surface area contributed by atoms with Crippen molar-refractivity contribution in [3.8, 4) is 5.69 Å². The summed E-state index contributed by atoms with van der Waals surface area (Å²) in [6.07, 6.45) is 5.50. The van der Waals surface area contributed by atoms with E-state index in [1.165, 1.54) is 6.33 Å². The van der Waals surface area contributed by atoms with Crippen LogP contribution in [0.5, 0.6) is 0 Å². The van der Waals surface area contributed by atoms with Crippen LogP contribution in [0.25, 0.3) is 5.69 Å². The second-order valence-electron chi connectivity index (χ2n) is 6.87. The Balaban J connectivity index is 1.52. The summed E-state index contributed by atoms with van der Waals surface area (Å²) in [7, 11) is 0. The Kier molecular flexibility index (Phi) is 4.53. The van der Waals surface area contributed by atoms with Gasteiger partial charge in [0.05, 0.1) is 17.4 Å². The second kappa shape index (κ2) is 7.14. The molecule has 4 rings (SSSR count). The Morgan fingerprint density at radius 3 is 2.78 bits per heavy atom. The maximum absolute atomic E-state index is 12.7. The predicted molar refractivity (Wildman–Crippen MR) is 100 cm³/mol. The van der Waals surface area contributed by atoms with E-state index in [4.69, 9.17) is 0 Å². The van der Waals surface area contributed by atoms with Crippen LogP contribution >= 0.6 is 0 Å². The van der Waals surface area contributed by atoms with Crippen LogP contribution in [-0.4, -0.2) is 31.2 Å². The number of benzene rings is 1. The normalized spacial score (nSPS) is 14.6. The van der Waals surface area contributed by atoms with Gasteiger partial charge in [0.1, 0.15) is 6.33 Å². The van der Waals surface area contributed by atoms with Crippen LogP contribution in [-0.2, 0) is 0 Å². The number of urea groups is 1. The molecule has 1 aromatic carbocycles. The first-order valence-corrected chi connectivity index (χ1v) is 8.95. The molecule has 0 radical (unpaired) electrons. The van der Waals surface area contributed by atoms with E-state index < -0.39 is 0 Å². The number of amides is 2. The third-order valence-electron chi connectivity index (χ3n) is 4.81. The standard InChI is InChI=1S/C19H21N7O/c1-12-5-8-15(26-11-21-24-25-26)10-16(12)22-19(27)23-18(14-6-7-14)17-13(2)4-3-9-20-17/h3-5,8-11,14,18H,6-7H2,1-2H3,(H2,22,23,27)/t18-/m0/s1. The summed E-state index contributed by atoms with van der Waals surface area (Å²) < 4.78 is 1.55. The zero-order valence-electron chi connectivity index (χ0n) is 15.3. The van der Waals surface area contributed by atoms with E-state index in [0.717, 1.165) is 35.3 Å². The zero-order chi connectivity index (χ0) is 18.8. The molecule has 0 unspecified atom stereocenters. The number of hydrogen-bond acceptors (Lipinski definition) is 5. The number of carbonyl (C=O) groups excluding carboxylic acids is 1. The molecule has 0 aliphatic heterocycles. The molecule has 1 fully saturated rings. The number of pyridine rings is 1. The van der Waals surface area contributed by atoms with Gasteiger partial charge >= 0.3 is 6.03 Å². The first-order valence-electron chi connectivity index (χ1n) is 8.95. The average Bonchev–Trinajstić information content (AvgIpc) is 3.36. The third-order valence-corrected chi connectivity index (χ3v) is 4.81. The number of nitrogens with zero attached hydrogens (tertiary/aromatic N) is 5. The minimum atomic E-state index is -0.242. The molecule has 0 saturated heterocycles. The smallest absolute Gasteiger partial charge is 0.319 e. The summed E-state index contributed by atoms with van der Waals surface area (Å²) in [5.74, 6) is 0.443. The van der Waals surface area contributed by atoms with E-state index in [2.05, 4.69) is 31.1 Å². The van der Waals surface area contributed by atoms with Crippen molar-refractivity contribution in [1.82, 2.24) is 30.5 Å². The van der Waals surface area contributed by atoms with Gasteiger partial charge in [-0.2, -0.15) is 0 Å². The topological polar surface area (TPSA) is 97.6 Å². The molecule has 2 N–H and O–H groups in total. The van der Waals surface area contributed by atoms with Crippen molar-refractivity contribution in [1.29, 1.82) is 0 Å². The SMILES string of the molecule is Cc1ccc(-n2cnnn2)cc1NC(=O)N[C@H](c1ncccc1C)C1CC1. The molecule has 8 nitrogen and oxygen atoms in total. The molecule has 3 aromatic rings. The molecular weight excluding hydrogens is 342 g/mol. The zero-order valence-corrected chi connectivity index (χ0v) is 15.3. The van der Waals surface area contributed by atoms with Gasteiger partial charge < -0.3 is 10.6 Å². The highest BCUT2D eigenvalue weighted by Crippen LogP contribution is 2.41. The molecule has 1 saturated carbocycles. The van der Waals surface area contributed by atoms with Crippen LogP contribution in [0.1, 0.15) is 35.7 Å². The lowest BCUT2D eigenvalue weighted by Crippen LogP contribution is -2.34. The van der Waals surface area contributed by atoms with Gasteiger partial charge in [-0.3, -0.25) is 4.98 Å². The highest BCUT2D eigenvalue weighted by Gasteiger charge is 2.35. The first kappa shape index (κ1) is 17.1. The number of hydrogen-bond donors (Lipinski definition) is 2. The van der Waals surface area contributed by atoms with Gasteiger partial charge in [0.25, 0.3) is 0 Å². The maximum atomic E-state index is 12.7. The lowest BCUT2D eigenvalue weighted by molar-refractivity contribution is 0.246. The molecule has 0 bridgehead atoms. The van der Waals surface area contributed by atoms with Crippen molar-refractivity contribution in [3.05, 3.63) is 59.7 Å². The largest absolute Gasteiger partial charge is 0.329 e. The van der Waals surface area contributed by atoms with Gasteiger partial charge in [0.15, 0.2) is 0 Å². The van der Waals surface area contributed by atoms with Gasteiger partial charge in [0, 0.05) is 11.9 Å². The minimum Gasteiger partial charge on any atom is -0.329 e. The number of aryl methyl sites for hydroxylation is 2. The molecule has 1 atom stereocenters. The van der Waals surface area contributed by atoms with Crippen LogP contribution in [0.3, 0.4) is 0 Å². The Morgan fingerprint density at radius 2 is 2.07 bits per heavy atom. The number of tetrazole rings is 1. The highest BCUT2D eigenvalue weighted by atomic mass is 16.2. The van der Waals surface area contributed by atoms with Crippen LogP contribution in [0, 0.1) is 19.8 Å². The number of anilines is 1. The van der Waals surface area contributed by atoms with Gasteiger partial charge in [-0.15, -0.1) is 5.10 Å². The van der Waals surface area contributed by atoms with E-state index in [1.54, 1.807) is 10.9 Å². The summed E-state index contributed by atoms with van der Waals surface area (Å²) in [6, 6.07) is 9.30. The minimum absolute atomic E-state index is 0.0748. The fraction of sp³-hybridized carbons (Fsp3) is 0.316. The molecule has 2 aromatic heterocycles. The second-order valence-corrected chi connectivity index (χ2v) is 6.87. The Labute approximate surface area is 157 Å². The average molecular weight is 363 g/mol. The van der Waals surface area contributed by atoms with E-state index in [9.17, 15) is 4.79 Å². The van der Waals surface area contributed by atoms with Gasteiger partial charge in [-0.25, -0.2) is 9.48 Å². The predicted octanol–water partition coefficient (Wildman–Crippen LogP) is 2.95. The fourth-order valence-corrected chi connectivity index (χ4v) is 3.13. The summed E-state index contributed by atoms with van der Waals surface area (Å²) >= 11 is 0. The van der Waals surface area contributed by atoms with E-state index in [0.29, 0.717) is 11.6 Å². The van der Waals surface area contributed by atoms with Gasteiger partial charge in [-0.05, 0) is 72.4 Å². The number of aromatic nitrogens is 5. The molecule has 1 aliphatic rings. The molecule has 0 spiro atoms. The Hall–Kier alpha value is -3.29. The lowest BCUT2D eigenvalue weighted by Gasteiger charge is -2.20. The molecule has 8 heteroatoms. The summed E-state index contributed by atoms with van der Waals surface area (Å²) in [4.78, 5) is 17.2. The molecule has 138 valence electrons. The molecule has 2 amide bonds. The van der Waals surface area contributed by atoms with E-state index >= 15 is 0 Å². The van der Waals surface area contributed by atoms with Crippen LogP contribution in [0.2, 0.25) is 0 Å². The number of nitrogens with one attached hydrogen (secondary N) is 2. The van der Waals surface area contributed by atoms with Crippen LogP contribution in [0.4, 0.5) is 10.5 Å². The number of rotatable bonds is 5. The van der Waals surface area contributed by atoms with Gasteiger partial charge in [-0.1, -0.05) is 12.1 Å². The quantitative estimate of drug-likeness (QED) is 0.726. The molecule has 2 heterocycles. The van der Waals surface area contributed by atoms with Crippen molar-refractivity contribution in [3.63, 3.8) is 0 Å². The highest BCUT2D eigenvalue weighted by molar-refractivity contribution is 5.90. The Bertz CT molecular complexity index is 950. The fourth-order valence-electron chi connectivity index (χ4n) is 3.13. The van der Waals surface area contributed by atoms with E-state index in [-0.39, 0.29) is 12.1 Å². The van der Waals surface area contributed by atoms with Crippen molar-refractivity contribution >= 4 is 11.7 Å². The van der Waals surface area contributed by atoms with Crippen LogP contribution < -0.4 is 10.6 Å². The van der Waals surface area contributed by atoms with Crippen molar-refractivity contribution < 1.29 is 4.79 Å². The first-order chi connectivity index (χ1) is 13.1. The van der Waals surface area contributed by atoms with Crippen LogP contribution in [0.15, 0.2) is 42.9 Å². The summed E-state index contributed by atoms with van der Waals surface area (Å²) in [5.41, 5.74) is 4.48. The molecule has 27 heavy (non-hydrogen) atoms. The van der Waals surface area contributed by atoms with Crippen molar-refractivity contribution in [2.24, 2.45) is 5.92 Å². The maximum Gasteiger partial charge on any atom is 0.319 e. The third kappa shape index (κ3) is 3.79. The number of carbonyl (C=O) groups is 1. The van der Waals surface area contributed by atoms with Gasteiger partial charge in [0.2, 0.25) is 0 Å². The molecule has 1 aliphatic carbocycles. The van der Waals surface area contributed by atoms with Crippen molar-refractivity contribution in [2.45, 2.75) is 32.7 Å². The summed E-state index contributed by atoms with van der Waals surface area (Å²) in [6.45, 7) is 3.97. The summed E-state index contributed by atoms with van der Waals surface area (Å²) in [5, 5.41) is 17.2. The van der Waals surface area contributed by atoms with Crippen molar-refractivity contribution in [2.75, 3.05) is 5.32 Å².